The van der Waals surface area contributed by atoms with Gasteiger partial charge in [0, 0.05) is 0 Å². The summed E-state index contributed by atoms with van der Waals surface area (Å²) in [7, 11) is 0. The van der Waals surface area contributed by atoms with Crippen LogP contribution in [0.5, 0.6) is 0 Å². The minimum Gasteiger partial charge on any atom is -0.390 e. The van der Waals surface area contributed by atoms with Gasteiger partial charge in [0.2, 0.25) is 0 Å². The largest absolute Gasteiger partial charge is 0.390 e. The molecule has 0 aromatic carbocycles. The van der Waals surface area contributed by atoms with E-state index in [1.165, 1.54) is 37.2 Å². The molecule has 1 unspecified atom stereocenters. The average molecular weight is 200 g/mol. The third-order valence-corrected chi connectivity index (χ3v) is 4.84. The molecule has 0 amide bonds. The van der Waals surface area contributed by atoms with E-state index >= 15 is 0 Å². The third-order valence-electron chi connectivity index (χ3n) is 3.56. The molecule has 0 spiro atoms. The minimum absolute atomic E-state index is 0.234. The van der Waals surface area contributed by atoms with Crippen molar-refractivity contribution in [2.24, 2.45) is 5.92 Å². The van der Waals surface area contributed by atoms with E-state index in [4.69, 9.17) is 0 Å². The van der Waals surface area contributed by atoms with Gasteiger partial charge in [0.1, 0.15) is 0 Å². The molecule has 1 saturated carbocycles. The van der Waals surface area contributed by atoms with Crippen LogP contribution in [0.4, 0.5) is 0 Å². The second kappa shape index (κ2) is 4.22. The minimum atomic E-state index is -0.234. The van der Waals surface area contributed by atoms with Gasteiger partial charge in [-0.1, -0.05) is 0 Å². The Bertz CT molecular complexity index is 159. The lowest BCUT2D eigenvalue weighted by Gasteiger charge is -2.38. The Morgan fingerprint density at radius 2 is 2.15 bits per heavy atom. The van der Waals surface area contributed by atoms with Crippen LogP contribution in [-0.4, -0.2) is 22.2 Å². The monoisotopic (exact) mass is 200 g/mol. The van der Waals surface area contributed by atoms with Gasteiger partial charge in [-0.15, -0.1) is 0 Å². The highest BCUT2D eigenvalue weighted by atomic mass is 32.2. The van der Waals surface area contributed by atoms with E-state index < -0.39 is 0 Å². The molecule has 0 bridgehead atoms. The zero-order valence-corrected chi connectivity index (χ0v) is 9.11. The summed E-state index contributed by atoms with van der Waals surface area (Å²) in [6.45, 7) is 0. The zero-order chi connectivity index (χ0) is 9.15. The summed E-state index contributed by atoms with van der Waals surface area (Å²) in [5, 5.41) is 9.93. The van der Waals surface area contributed by atoms with E-state index in [-0.39, 0.29) is 5.60 Å². The van der Waals surface area contributed by atoms with Crippen LogP contribution in [0.2, 0.25) is 0 Å². The Morgan fingerprint density at radius 1 is 1.31 bits per heavy atom. The number of hydrogen-bond acceptors (Lipinski definition) is 2. The lowest BCUT2D eigenvalue weighted by molar-refractivity contribution is -0.0443. The Kier molecular flexibility index (Phi) is 3.20. The van der Waals surface area contributed by atoms with Crippen molar-refractivity contribution in [2.75, 3.05) is 11.5 Å². The molecule has 2 rings (SSSR count). The van der Waals surface area contributed by atoms with Crippen LogP contribution in [0.1, 0.15) is 44.9 Å². The summed E-state index contributed by atoms with van der Waals surface area (Å²) in [4.78, 5) is 0. The zero-order valence-electron chi connectivity index (χ0n) is 8.30. The van der Waals surface area contributed by atoms with Gasteiger partial charge in [-0.2, -0.15) is 11.8 Å². The van der Waals surface area contributed by atoms with Crippen LogP contribution in [0, 0.1) is 5.92 Å². The van der Waals surface area contributed by atoms with Crippen LogP contribution in [0.3, 0.4) is 0 Å². The summed E-state index contributed by atoms with van der Waals surface area (Å²) in [5.41, 5.74) is -0.234. The summed E-state index contributed by atoms with van der Waals surface area (Å²) in [5.74, 6) is 3.61. The van der Waals surface area contributed by atoms with Crippen LogP contribution in [-0.2, 0) is 0 Å². The maximum atomic E-state index is 9.93. The van der Waals surface area contributed by atoms with Gasteiger partial charge in [-0.3, -0.25) is 0 Å². The van der Waals surface area contributed by atoms with Gasteiger partial charge in [0.15, 0.2) is 0 Å². The molecule has 1 aliphatic heterocycles. The number of hydrogen-bond donors (Lipinski definition) is 1. The topological polar surface area (TPSA) is 20.2 Å². The summed E-state index contributed by atoms with van der Waals surface area (Å²) < 4.78 is 0. The molecule has 0 aromatic heterocycles. The molecule has 0 aromatic rings. The molecule has 76 valence electrons. The summed E-state index contributed by atoms with van der Waals surface area (Å²) in [6.07, 6.45) is 8.51. The Balaban J connectivity index is 1.66. The normalized spacial score (nSPS) is 32.5. The van der Waals surface area contributed by atoms with Crippen molar-refractivity contribution in [1.82, 2.24) is 0 Å². The molecule has 2 aliphatic rings. The van der Waals surface area contributed by atoms with Gasteiger partial charge in [0.25, 0.3) is 0 Å². The maximum Gasteiger partial charge on any atom is 0.0648 e. The molecule has 2 heteroatoms. The Hall–Kier alpha value is 0.310. The molecule has 1 N–H and O–H groups in total. The molecule has 2 fully saturated rings. The van der Waals surface area contributed by atoms with Crippen molar-refractivity contribution >= 4 is 11.8 Å². The fourth-order valence-electron chi connectivity index (χ4n) is 2.34. The number of aliphatic hydroxyl groups is 1. The molecule has 1 aliphatic carbocycles. The Labute approximate surface area is 85.3 Å². The van der Waals surface area contributed by atoms with E-state index in [2.05, 4.69) is 11.8 Å². The van der Waals surface area contributed by atoms with Crippen LogP contribution >= 0.6 is 11.8 Å². The van der Waals surface area contributed by atoms with Gasteiger partial charge < -0.3 is 5.11 Å². The van der Waals surface area contributed by atoms with E-state index in [0.717, 1.165) is 25.2 Å². The van der Waals surface area contributed by atoms with Crippen molar-refractivity contribution in [3.63, 3.8) is 0 Å². The highest BCUT2D eigenvalue weighted by Crippen LogP contribution is 2.38. The van der Waals surface area contributed by atoms with Crippen molar-refractivity contribution in [2.45, 2.75) is 50.5 Å². The maximum absolute atomic E-state index is 9.93. The lowest BCUT2D eigenvalue weighted by atomic mass is 9.75. The standard InChI is InChI=1S/C11H20OS/c12-11(5-2-6-11)7-4-10-3-1-8-13-9-10/h10,12H,1-9H2. The number of rotatable bonds is 3. The first-order chi connectivity index (χ1) is 6.29. The predicted octanol–water partition coefficient (Wildman–Crippen LogP) is 2.82. The highest BCUT2D eigenvalue weighted by Gasteiger charge is 2.34. The second-order valence-corrected chi connectivity index (χ2v) is 5.85. The quantitative estimate of drug-likeness (QED) is 0.756. The van der Waals surface area contributed by atoms with Crippen molar-refractivity contribution < 1.29 is 5.11 Å². The fraction of sp³-hybridized carbons (Fsp3) is 1.00. The van der Waals surface area contributed by atoms with Crippen LogP contribution in [0.25, 0.3) is 0 Å². The van der Waals surface area contributed by atoms with E-state index in [1.54, 1.807) is 0 Å². The molecule has 1 saturated heterocycles. The second-order valence-electron chi connectivity index (χ2n) is 4.70. The SMILES string of the molecule is OC1(CCC2CCCSC2)CCC1. The van der Waals surface area contributed by atoms with Crippen molar-refractivity contribution in [1.29, 1.82) is 0 Å². The molecule has 0 radical (unpaired) electrons. The molecule has 1 heterocycles. The third kappa shape index (κ3) is 2.63. The fourth-order valence-corrected chi connectivity index (χ4v) is 3.55. The molecular weight excluding hydrogens is 180 g/mol. The van der Waals surface area contributed by atoms with Crippen molar-refractivity contribution in [3.05, 3.63) is 0 Å². The van der Waals surface area contributed by atoms with E-state index in [0.29, 0.717) is 0 Å². The van der Waals surface area contributed by atoms with Crippen LogP contribution < -0.4 is 0 Å². The van der Waals surface area contributed by atoms with Gasteiger partial charge in [0.05, 0.1) is 5.60 Å². The van der Waals surface area contributed by atoms with E-state index in [1.807, 2.05) is 0 Å². The van der Waals surface area contributed by atoms with Gasteiger partial charge >= 0.3 is 0 Å². The predicted molar refractivity (Wildman–Crippen MR) is 58.1 cm³/mol. The molecule has 1 nitrogen and oxygen atoms in total. The van der Waals surface area contributed by atoms with Crippen LogP contribution in [0.15, 0.2) is 0 Å². The number of thioether (sulfide) groups is 1. The molecular formula is C11H20OS. The smallest absolute Gasteiger partial charge is 0.0648 e. The van der Waals surface area contributed by atoms with Gasteiger partial charge in [-0.25, -0.2) is 0 Å². The molecule has 1 atom stereocenters. The van der Waals surface area contributed by atoms with E-state index in [9.17, 15) is 5.11 Å². The van der Waals surface area contributed by atoms with Gasteiger partial charge in [-0.05, 0) is 62.4 Å². The lowest BCUT2D eigenvalue weighted by Crippen LogP contribution is -2.37. The Morgan fingerprint density at radius 3 is 2.69 bits per heavy atom. The molecule has 13 heavy (non-hydrogen) atoms. The first-order valence-electron chi connectivity index (χ1n) is 5.59. The first kappa shape index (κ1) is 9.85. The van der Waals surface area contributed by atoms with Crippen molar-refractivity contribution in [3.8, 4) is 0 Å². The first-order valence-corrected chi connectivity index (χ1v) is 6.74. The summed E-state index contributed by atoms with van der Waals surface area (Å²) >= 11 is 2.10. The average Bonchev–Trinajstić information content (AvgIpc) is 2.13. The highest BCUT2D eigenvalue weighted by molar-refractivity contribution is 7.99. The summed E-state index contributed by atoms with van der Waals surface area (Å²) in [6, 6.07) is 0.